The summed E-state index contributed by atoms with van der Waals surface area (Å²) in [6, 6.07) is 14.3. The summed E-state index contributed by atoms with van der Waals surface area (Å²) in [6.45, 7) is 5.59. The van der Waals surface area contributed by atoms with Crippen LogP contribution in [0.15, 0.2) is 54.9 Å². The minimum Gasteiger partial charge on any atom is -0.338 e. The van der Waals surface area contributed by atoms with Gasteiger partial charge in [-0.3, -0.25) is 9.69 Å². The predicted octanol–water partition coefficient (Wildman–Crippen LogP) is 3.08. The third-order valence-electron chi connectivity index (χ3n) is 5.23. The summed E-state index contributed by atoms with van der Waals surface area (Å²) >= 11 is 0. The smallest absolute Gasteiger partial charge is 0.245 e. The monoisotopic (exact) mass is 366 g/mol. The second kappa shape index (κ2) is 7.48. The molecule has 1 aliphatic heterocycles. The van der Waals surface area contributed by atoms with Crippen LogP contribution in [0.3, 0.4) is 0 Å². The van der Waals surface area contributed by atoms with E-state index >= 15 is 0 Å². The molecule has 0 spiro atoms. The zero-order valence-electron chi connectivity index (χ0n) is 15.4. The number of benzene rings is 2. The van der Waals surface area contributed by atoms with E-state index in [-0.39, 0.29) is 17.8 Å². The van der Waals surface area contributed by atoms with Gasteiger partial charge in [0.25, 0.3) is 0 Å². The van der Waals surface area contributed by atoms with Crippen molar-refractivity contribution >= 4 is 16.9 Å². The highest BCUT2D eigenvalue weighted by atomic mass is 19.1. The number of piperazine rings is 1. The van der Waals surface area contributed by atoms with Gasteiger partial charge in [0.1, 0.15) is 11.9 Å². The highest BCUT2D eigenvalue weighted by Gasteiger charge is 2.26. The molecule has 1 atom stereocenters. The molecule has 27 heavy (non-hydrogen) atoms. The number of amides is 1. The Balaban J connectivity index is 1.38. The van der Waals surface area contributed by atoms with Crippen LogP contribution < -0.4 is 0 Å². The van der Waals surface area contributed by atoms with E-state index in [2.05, 4.69) is 9.88 Å². The minimum absolute atomic E-state index is 0.114. The average molecular weight is 366 g/mol. The van der Waals surface area contributed by atoms with Gasteiger partial charge in [0.15, 0.2) is 0 Å². The largest absolute Gasteiger partial charge is 0.338 e. The Morgan fingerprint density at radius 1 is 1.11 bits per heavy atom. The lowest BCUT2D eigenvalue weighted by atomic mass is 10.2. The Morgan fingerprint density at radius 3 is 2.67 bits per heavy atom. The number of halogens is 1. The molecule has 2 heterocycles. The van der Waals surface area contributed by atoms with Crippen LogP contribution >= 0.6 is 0 Å². The van der Waals surface area contributed by atoms with E-state index in [1.807, 2.05) is 46.7 Å². The SMILES string of the molecule is C[C@H](C(=O)N1CCN(Cc2cccc(F)c2)CC1)n1cnc2ccccc21. The summed E-state index contributed by atoms with van der Waals surface area (Å²) in [5, 5.41) is 0. The van der Waals surface area contributed by atoms with Gasteiger partial charge in [-0.1, -0.05) is 24.3 Å². The van der Waals surface area contributed by atoms with Crippen molar-refractivity contribution in [3.8, 4) is 0 Å². The first-order chi connectivity index (χ1) is 13.1. The molecule has 0 saturated carbocycles. The minimum atomic E-state index is -0.285. The van der Waals surface area contributed by atoms with Gasteiger partial charge >= 0.3 is 0 Å². The summed E-state index contributed by atoms with van der Waals surface area (Å²) in [5.41, 5.74) is 2.84. The van der Waals surface area contributed by atoms with E-state index in [1.54, 1.807) is 18.5 Å². The van der Waals surface area contributed by atoms with Crippen LogP contribution in [0, 0.1) is 5.82 Å². The molecule has 1 aromatic heterocycles. The van der Waals surface area contributed by atoms with Crippen molar-refractivity contribution < 1.29 is 9.18 Å². The van der Waals surface area contributed by atoms with Crippen molar-refractivity contribution in [2.75, 3.05) is 26.2 Å². The molecule has 6 heteroatoms. The highest BCUT2D eigenvalue weighted by Crippen LogP contribution is 2.20. The van der Waals surface area contributed by atoms with Gasteiger partial charge in [-0.2, -0.15) is 0 Å². The van der Waals surface area contributed by atoms with E-state index in [1.165, 1.54) is 6.07 Å². The Morgan fingerprint density at radius 2 is 1.89 bits per heavy atom. The first-order valence-corrected chi connectivity index (χ1v) is 9.29. The molecule has 0 radical (unpaired) electrons. The molecule has 2 aromatic carbocycles. The van der Waals surface area contributed by atoms with Crippen LogP contribution in [-0.2, 0) is 11.3 Å². The predicted molar refractivity (Wildman–Crippen MR) is 103 cm³/mol. The fourth-order valence-corrected chi connectivity index (χ4v) is 3.69. The van der Waals surface area contributed by atoms with Crippen molar-refractivity contribution in [3.05, 3.63) is 66.2 Å². The number of fused-ring (bicyclic) bond motifs is 1. The quantitative estimate of drug-likeness (QED) is 0.713. The standard InChI is InChI=1S/C21H23FN4O/c1-16(26-15-23-19-7-2-3-8-20(19)26)21(27)25-11-9-24(10-12-25)14-17-5-4-6-18(22)13-17/h2-8,13,15-16H,9-12,14H2,1H3/t16-/m1/s1. The normalized spacial score (nSPS) is 16.6. The molecule has 4 rings (SSSR count). The van der Waals surface area contributed by atoms with E-state index in [4.69, 9.17) is 0 Å². The molecule has 0 N–H and O–H groups in total. The fourth-order valence-electron chi connectivity index (χ4n) is 3.69. The van der Waals surface area contributed by atoms with E-state index in [9.17, 15) is 9.18 Å². The second-order valence-electron chi connectivity index (χ2n) is 7.05. The summed E-state index contributed by atoms with van der Waals surface area (Å²) in [4.78, 5) is 21.5. The maximum atomic E-state index is 13.3. The maximum Gasteiger partial charge on any atom is 0.245 e. The summed E-state index contributed by atoms with van der Waals surface area (Å²) in [7, 11) is 0. The van der Waals surface area contributed by atoms with Gasteiger partial charge in [0, 0.05) is 32.7 Å². The third-order valence-corrected chi connectivity index (χ3v) is 5.23. The zero-order chi connectivity index (χ0) is 18.8. The summed E-state index contributed by atoms with van der Waals surface area (Å²) in [6.07, 6.45) is 1.74. The van der Waals surface area contributed by atoms with Crippen LogP contribution in [0.25, 0.3) is 11.0 Å². The first kappa shape index (κ1) is 17.7. The number of aromatic nitrogens is 2. The maximum absolute atomic E-state index is 13.3. The van der Waals surface area contributed by atoms with Gasteiger partial charge in [-0.25, -0.2) is 9.37 Å². The van der Waals surface area contributed by atoms with Gasteiger partial charge in [0.05, 0.1) is 17.4 Å². The molecule has 140 valence electrons. The van der Waals surface area contributed by atoms with Crippen LogP contribution in [0.2, 0.25) is 0 Å². The van der Waals surface area contributed by atoms with Gasteiger partial charge < -0.3 is 9.47 Å². The van der Waals surface area contributed by atoms with Crippen molar-refractivity contribution in [1.82, 2.24) is 19.4 Å². The number of rotatable bonds is 4. The number of hydrogen-bond acceptors (Lipinski definition) is 3. The number of nitrogens with zero attached hydrogens (tertiary/aromatic N) is 4. The number of carbonyl (C=O) groups excluding carboxylic acids is 1. The highest BCUT2D eigenvalue weighted by molar-refractivity contribution is 5.83. The number of para-hydroxylation sites is 2. The molecular formula is C21H23FN4O. The number of imidazole rings is 1. The van der Waals surface area contributed by atoms with Gasteiger partial charge in [0.2, 0.25) is 5.91 Å². The van der Waals surface area contributed by atoms with Crippen molar-refractivity contribution in [1.29, 1.82) is 0 Å². The molecule has 0 unspecified atom stereocenters. The molecule has 1 amide bonds. The van der Waals surface area contributed by atoms with Crippen LogP contribution in [-0.4, -0.2) is 51.4 Å². The summed E-state index contributed by atoms with van der Waals surface area (Å²) in [5.74, 6) is -0.0914. The Hall–Kier alpha value is -2.73. The zero-order valence-corrected chi connectivity index (χ0v) is 15.4. The lowest BCUT2D eigenvalue weighted by molar-refractivity contribution is -0.136. The van der Waals surface area contributed by atoms with Crippen LogP contribution in [0.1, 0.15) is 18.5 Å². The lowest BCUT2D eigenvalue weighted by Crippen LogP contribution is -2.49. The van der Waals surface area contributed by atoms with Crippen LogP contribution in [0.4, 0.5) is 4.39 Å². The topological polar surface area (TPSA) is 41.4 Å². The molecule has 1 aliphatic rings. The lowest BCUT2D eigenvalue weighted by Gasteiger charge is -2.36. The molecule has 1 fully saturated rings. The van der Waals surface area contributed by atoms with Crippen molar-refractivity contribution in [3.63, 3.8) is 0 Å². The van der Waals surface area contributed by atoms with Crippen LogP contribution in [0.5, 0.6) is 0 Å². The molecule has 5 nitrogen and oxygen atoms in total. The third kappa shape index (κ3) is 3.71. The molecule has 1 saturated heterocycles. The molecule has 0 aliphatic carbocycles. The Kier molecular flexibility index (Phi) is 4.90. The fraction of sp³-hybridized carbons (Fsp3) is 0.333. The summed E-state index contributed by atoms with van der Waals surface area (Å²) < 4.78 is 15.3. The Bertz CT molecular complexity index is 946. The molecule has 0 bridgehead atoms. The van der Waals surface area contributed by atoms with E-state index in [0.717, 1.165) is 29.7 Å². The van der Waals surface area contributed by atoms with E-state index in [0.29, 0.717) is 19.6 Å². The van der Waals surface area contributed by atoms with Gasteiger partial charge in [-0.15, -0.1) is 0 Å². The molecule has 3 aromatic rings. The van der Waals surface area contributed by atoms with E-state index < -0.39 is 0 Å². The van der Waals surface area contributed by atoms with Crippen molar-refractivity contribution in [2.45, 2.75) is 19.5 Å². The second-order valence-corrected chi connectivity index (χ2v) is 7.05. The number of carbonyl (C=O) groups is 1. The van der Waals surface area contributed by atoms with Crippen molar-refractivity contribution in [2.24, 2.45) is 0 Å². The Labute approximate surface area is 158 Å². The first-order valence-electron chi connectivity index (χ1n) is 9.29. The number of hydrogen-bond donors (Lipinski definition) is 0. The van der Waals surface area contributed by atoms with Gasteiger partial charge in [-0.05, 0) is 36.8 Å². The molecular weight excluding hydrogens is 343 g/mol. The average Bonchev–Trinajstić information content (AvgIpc) is 3.12.